The topological polar surface area (TPSA) is 73.3 Å². The fraction of sp³-hybridized carbons (Fsp3) is 0.481. The SMILES string of the molecule is Cc1cccc(N2CCN(C(=O)OC(C)(C)C)CC2)c1N(C)C(=O)CCCSc1ccc(O)cc1. The predicted molar refractivity (Wildman–Crippen MR) is 143 cm³/mol. The number of hydrogen-bond acceptors (Lipinski definition) is 6. The first kappa shape index (κ1) is 26.7. The molecule has 1 N–H and O–H groups in total. The summed E-state index contributed by atoms with van der Waals surface area (Å²) < 4.78 is 5.51. The maximum atomic E-state index is 13.1. The number of hydrogen-bond donors (Lipinski definition) is 1. The zero-order chi connectivity index (χ0) is 25.6. The van der Waals surface area contributed by atoms with Gasteiger partial charge in [0, 0.05) is 44.5 Å². The Bertz CT molecular complexity index is 1010. The number of ether oxygens (including phenoxy) is 1. The molecule has 0 atom stereocenters. The molecule has 0 aliphatic carbocycles. The van der Waals surface area contributed by atoms with Crippen molar-refractivity contribution in [2.24, 2.45) is 0 Å². The first-order chi connectivity index (χ1) is 16.5. The van der Waals surface area contributed by atoms with Crippen LogP contribution >= 0.6 is 11.8 Å². The molecule has 7 nitrogen and oxygen atoms in total. The van der Waals surface area contributed by atoms with E-state index in [0.717, 1.165) is 34.0 Å². The summed E-state index contributed by atoms with van der Waals surface area (Å²) in [5, 5.41) is 9.40. The van der Waals surface area contributed by atoms with Crippen molar-refractivity contribution < 1.29 is 19.4 Å². The van der Waals surface area contributed by atoms with Crippen molar-refractivity contribution >= 4 is 35.1 Å². The first-order valence-electron chi connectivity index (χ1n) is 12.1. The average molecular weight is 500 g/mol. The Labute approximate surface area is 213 Å². The molecule has 3 rings (SSSR count). The van der Waals surface area contributed by atoms with Crippen molar-refractivity contribution in [1.82, 2.24) is 4.90 Å². The third-order valence-electron chi connectivity index (χ3n) is 5.84. The lowest BCUT2D eigenvalue weighted by molar-refractivity contribution is -0.118. The second-order valence-corrected chi connectivity index (χ2v) is 11.0. The number of para-hydroxylation sites is 1. The number of carbonyl (C=O) groups excluding carboxylic acids is 2. The Kier molecular flexibility index (Phi) is 8.94. The smallest absolute Gasteiger partial charge is 0.410 e. The summed E-state index contributed by atoms with van der Waals surface area (Å²) in [6.45, 7) is 10.2. The van der Waals surface area contributed by atoms with Crippen molar-refractivity contribution in [2.75, 3.05) is 48.8 Å². The number of rotatable bonds is 7. The highest BCUT2D eigenvalue weighted by Gasteiger charge is 2.28. The van der Waals surface area contributed by atoms with Crippen LogP contribution in [0.25, 0.3) is 0 Å². The van der Waals surface area contributed by atoms with Crippen molar-refractivity contribution in [3.05, 3.63) is 48.0 Å². The summed E-state index contributed by atoms with van der Waals surface area (Å²) >= 11 is 1.68. The Hall–Kier alpha value is -2.87. The maximum absolute atomic E-state index is 13.1. The minimum Gasteiger partial charge on any atom is -0.508 e. The molecule has 1 saturated heterocycles. The van der Waals surface area contributed by atoms with Crippen molar-refractivity contribution in [2.45, 2.75) is 51.0 Å². The number of nitrogens with zero attached hydrogens (tertiary/aromatic N) is 3. The van der Waals surface area contributed by atoms with Crippen LogP contribution in [0.15, 0.2) is 47.4 Å². The van der Waals surface area contributed by atoms with Gasteiger partial charge in [-0.3, -0.25) is 4.79 Å². The van der Waals surface area contributed by atoms with E-state index in [4.69, 9.17) is 4.74 Å². The number of thioether (sulfide) groups is 1. The lowest BCUT2D eigenvalue weighted by atomic mass is 10.1. The molecule has 8 heteroatoms. The molecule has 0 bridgehead atoms. The van der Waals surface area contributed by atoms with E-state index in [1.807, 2.05) is 59.0 Å². The van der Waals surface area contributed by atoms with Crippen LogP contribution in [0, 0.1) is 6.92 Å². The fourth-order valence-corrected chi connectivity index (χ4v) is 4.89. The van der Waals surface area contributed by atoms with Gasteiger partial charge < -0.3 is 24.5 Å². The highest BCUT2D eigenvalue weighted by molar-refractivity contribution is 7.99. The predicted octanol–water partition coefficient (Wildman–Crippen LogP) is 5.29. The number of phenols is 1. The number of piperazine rings is 1. The lowest BCUT2D eigenvalue weighted by Crippen LogP contribution is -2.50. The van der Waals surface area contributed by atoms with E-state index >= 15 is 0 Å². The number of aromatic hydroxyl groups is 1. The van der Waals surface area contributed by atoms with Crippen molar-refractivity contribution in [3.63, 3.8) is 0 Å². The number of carbonyl (C=O) groups is 2. The number of benzene rings is 2. The largest absolute Gasteiger partial charge is 0.508 e. The van der Waals surface area contributed by atoms with Gasteiger partial charge in [-0.1, -0.05) is 12.1 Å². The normalized spacial score (nSPS) is 14.1. The van der Waals surface area contributed by atoms with Gasteiger partial charge in [-0.15, -0.1) is 11.8 Å². The molecule has 1 aliphatic heterocycles. The van der Waals surface area contributed by atoms with E-state index in [-0.39, 0.29) is 17.7 Å². The molecule has 0 radical (unpaired) electrons. The summed E-state index contributed by atoms with van der Waals surface area (Å²) in [7, 11) is 1.85. The summed E-state index contributed by atoms with van der Waals surface area (Å²) in [4.78, 5) is 32.3. The highest BCUT2D eigenvalue weighted by Crippen LogP contribution is 2.33. The molecule has 2 aromatic rings. The van der Waals surface area contributed by atoms with Crippen LogP contribution in [0.5, 0.6) is 5.75 Å². The van der Waals surface area contributed by atoms with Crippen molar-refractivity contribution in [1.29, 1.82) is 0 Å². The van der Waals surface area contributed by atoms with E-state index in [2.05, 4.69) is 11.0 Å². The van der Waals surface area contributed by atoms with Crippen LogP contribution in [-0.2, 0) is 9.53 Å². The van der Waals surface area contributed by atoms with E-state index < -0.39 is 5.60 Å². The van der Waals surface area contributed by atoms with Gasteiger partial charge in [-0.05, 0) is 75.8 Å². The average Bonchev–Trinajstić information content (AvgIpc) is 2.81. The zero-order valence-electron chi connectivity index (χ0n) is 21.4. The van der Waals surface area contributed by atoms with Crippen LogP contribution < -0.4 is 9.80 Å². The van der Waals surface area contributed by atoms with E-state index in [1.165, 1.54) is 0 Å². The molecule has 2 aromatic carbocycles. The molecule has 0 saturated carbocycles. The second kappa shape index (κ2) is 11.7. The second-order valence-electron chi connectivity index (χ2n) is 9.80. The number of aryl methyl sites for hydroxylation is 1. The van der Waals surface area contributed by atoms with Crippen LogP contribution in [0.4, 0.5) is 16.2 Å². The molecule has 1 fully saturated rings. The highest BCUT2D eigenvalue weighted by atomic mass is 32.2. The van der Waals surface area contributed by atoms with Crippen LogP contribution in [-0.4, -0.2) is 66.6 Å². The molecule has 0 aromatic heterocycles. The third kappa shape index (κ3) is 7.56. The fourth-order valence-electron chi connectivity index (χ4n) is 4.04. The molecule has 1 heterocycles. The summed E-state index contributed by atoms with van der Waals surface area (Å²) in [5.41, 5.74) is 2.48. The van der Waals surface area contributed by atoms with Gasteiger partial charge in [0.15, 0.2) is 0 Å². The van der Waals surface area contributed by atoms with Gasteiger partial charge in [0.25, 0.3) is 0 Å². The maximum Gasteiger partial charge on any atom is 0.410 e. The Balaban J connectivity index is 1.58. The Morgan fingerprint density at radius 3 is 2.34 bits per heavy atom. The molecule has 1 aliphatic rings. The van der Waals surface area contributed by atoms with Gasteiger partial charge in [0.05, 0.1) is 11.4 Å². The summed E-state index contributed by atoms with van der Waals surface area (Å²) in [6.07, 6.45) is 0.950. The van der Waals surface area contributed by atoms with E-state index in [0.29, 0.717) is 32.6 Å². The Morgan fingerprint density at radius 2 is 1.71 bits per heavy atom. The summed E-state index contributed by atoms with van der Waals surface area (Å²) in [5.74, 6) is 1.17. The standard InChI is InChI=1S/C27H37N3O4S/c1-20-8-6-9-23(29-15-17-30(18-16-29)26(33)34-27(2,3)4)25(20)28(5)24(32)10-7-19-35-22-13-11-21(31)12-14-22/h6,8-9,11-14,31H,7,10,15-19H2,1-5H3. The number of amides is 2. The van der Waals surface area contributed by atoms with Crippen LogP contribution in [0.1, 0.15) is 39.2 Å². The Morgan fingerprint density at radius 1 is 1.06 bits per heavy atom. The molecule has 2 amide bonds. The number of phenolic OH excluding ortho intramolecular Hbond substituents is 1. The summed E-state index contributed by atoms with van der Waals surface area (Å²) in [6, 6.07) is 13.2. The molecular weight excluding hydrogens is 462 g/mol. The molecule has 0 unspecified atom stereocenters. The van der Waals surface area contributed by atoms with Crippen LogP contribution in [0.2, 0.25) is 0 Å². The van der Waals surface area contributed by atoms with Gasteiger partial charge in [-0.2, -0.15) is 0 Å². The van der Waals surface area contributed by atoms with Gasteiger partial charge in [-0.25, -0.2) is 4.79 Å². The minimum absolute atomic E-state index is 0.0826. The molecular formula is C27H37N3O4S. The van der Waals surface area contributed by atoms with Gasteiger partial charge >= 0.3 is 6.09 Å². The van der Waals surface area contributed by atoms with Crippen molar-refractivity contribution in [3.8, 4) is 5.75 Å². The van der Waals surface area contributed by atoms with Gasteiger partial charge in [0.2, 0.25) is 5.91 Å². The molecule has 0 spiro atoms. The zero-order valence-corrected chi connectivity index (χ0v) is 22.2. The monoisotopic (exact) mass is 499 g/mol. The molecule has 190 valence electrons. The number of anilines is 2. The first-order valence-corrected chi connectivity index (χ1v) is 13.0. The van der Waals surface area contributed by atoms with Crippen LogP contribution in [0.3, 0.4) is 0 Å². The lowest BCUT2D eigenvalue weighted by Gasteiger charge is -2.38. The minimum atomic E-state index is -0.510. The third-order valence-corrected chi connectivity index (χ3v) is 6.94. The quantitative estimate of drug-likeness (QED) is 0.412. The molecule has 35 heavy (non-hydrogen) atoms. The van der Waals surface area contributed by atoms with Gasteiger partial charge in [0.1, 0.15) is 11.4 Å². The van der Waals surface area contributed by atoms with E-state index in [1.54, 1.807) is 33.7 Å². The van der Waals surface area contributed by atoms with E-state index in [9.17, 15) is 14.7 Å².